The van der Waals surface area contributed by atoms with Crippen molar-refractivity contribution in [1.82, 2.24) is 0 Å². The molecular formula is C13H16BCl2NO6. The summed E-state index contributed by atoms with van der Waals surface area (Å²) in [6.45, 7) is 2.08. The Labute approximate surface area is 143 Å². The molecule has 0 bridgehead atoms. The van der Waals surface area contributed by atoms with Crippen LogP contribution in [0.2, 0.25) is 10.0 Å². The molecular weight excluding hydrogens is 348 g/mol. The molecule has 0 aromatic heterocycles. The predicted molar refractivity (Wildman–Crippen MR) is 85.5 cm³/mol. The van der Waals surface area contributed by atoms with Crippen LogP contribution in [0.4, 0.5) is 0 Å². The Morgan fingerprint density at radius 1 is 1.43 bits per heavy atom. The summed E-state index contributed by atoms with van der Waals surface area (Å²) in [5, 5.41) is 20.4. The van der Waals surface area contributed by atoms with Crippen LogP contribution in [0.3, 0.4) is 0 Å². The Hall–Kier alpha value is -1.19. The number of benzene rings is 1. The van der Waals surface area contributed by atoms with Crippen LogP contribution in [0.1, 0.15) is 30.1 Å². The molecule has 1 aliphatic rings. The van der Waals surface area contributed by atoms with Crippen LogP contribution in [-0.2, 0) is 0 Å². The van der Waals surface area contributed by atoms with E-state index in [1.165, 1.54) is 0 Å². The topological polar surface area (TPSA) is 92.5 Å². The van der Waals surface area contributed by atoms with E-state index in [2.05, 4.69) is 0 Å². The third-order valence-electron chi connectivity index (χ3n) is 3.17. The highest BCUT2D eigenvalue weighted by atomic mass is 35.5. The maximum Gasteiger partial charge on any atom is 0.563 e. The van der Waals surface area contributed by atoms with Gasteiger partial charge in [-0.15, -0.1) is 0 Å². The molecule has 1 aliphatic heterocycles. The summed E-state index contributed by atoms with van der Waals surface area (Å²) >= 11 is 12.3. The molecule has 7 nitrogen and oxygen atoms in total. The standard InChI is InChI=1S/C13H16BCl2NO6/c1-3-4-5-21-10-7(13(18)17(2)20)11-12(9(16)8(10)15)22-6-14(19)23-11/h17,19H,3-6H2,1-2H3. The molecule has 1 aromatic rings. The van der Waals surface area contributed by atoms with E-state index in [1.54, 1.807) is 0 Å². The van der Waals surface area contributed by atoms with Gasteiger partial charge >= 0.3 is 13.0 Å². The summed E-state index contributed by atoms with van der Waals surface area (Å²) in [4.78, 5) is 12.3. The molecule has 0 radical (unpaired) electrons. The van der Waals surface area contributed by atoms with Crippen LogP contribution in [0.5, 0.6) is 17.2 Å². The Morgan fingerprint density at radius 2 is 2.13 bits per heavy atom. The van der Waals surface area contributed by atoms with Crippen molar-refractivity contribution in [2.75, 3.05) is 20.2 Å². The monoisotopic (exact) mass is 363 g/mol. The lowest BCUT2D eigenvalue weighted by Crippen LogP contribution is -3.06. The fraction of sp³-hybridized carbons (Fsp3) is 0.462. The molecule has 1 heterocycles. The fourth-order valence-electron chi connectivity index (χ4n) is 2.03. The van der Waals surface area contributed by atoms with Gasteiger partial charge < -0.3 is 29.4 Å². The highest BCUT2D eigenvalue weighted by Gasteiger charge is 2.37. The minimum atomic E-state index is -1.29. The number of unbranched alkanes of at least 4 members (excludes halogenated alkanes) is 1. The minimum absolute atomic E-state index is 0.000155. The zero-order chi connectivity index (χ0) is 17.1. The zero-order valence-electron chi connectivity index (χ0n) is 12.7. The smallest absolute Gasteiger partial charge is 0.563 e. The summed E-state index contributed by atoms with van der Waals surface area (Å²) in [5.41, 5.74) is -0.184. The second-order valence-electron chi connectivity index (χ2n) is 4.96. The van der Waals surface area contributed by atoms with Crippen LogP contribution in [0, 0.1) is 5.21 Å². The molecule has 23 heavy (non-hydrogen) atoms. The van der Waals surface area contributed by atoms with Gasteiger partial charge in [-0.3, -0.25) is 0 Å². The fourth-order valence-corrected chi connectivity index (χ4v) is 2.49. The number of halogens is 2. The minimum Gasteiger partial charge on any atom is -0.627 e. The molecule has 1 aromatic carbocycles. The number of carbonyl (C=O) groups is 1. The molecule has 0 fully saturated rings. The molecule has 0 saturated heterocycles. The van der Waals surface area contributed by atoms with Gasteiger partial charge in [0.05, 0.1) is 13.7 Å². The van der Waals surface area contributed by atoms with Gasteiger partial charge in [0.25, 0.3) is 0 Å². The zero-order valence-corrected chi connectivity index (χ0v) is 14.2. The first-order valence-corrected chi connectivity index (χ1v) is 7.84. The lowest BCUT2D eigenvalue weighted by atomic mass is 9.91. The van der Waals surface area contributed by atoms with Crippen molar-refractivity contribution < 1.29 is 29.0 Å². The molecule has 0 saturated carbocycles. The average Bonchev–Trinajstić information content (AvgIpc) is 2.51. The van der Waals surface area contributed by atoms with Crippen LogP contribution in [-0.4, -0.2) is 38.2 Å². The molecule has 1 atom stereocenters. The van der Waals surface area contributed by atoms with Crippen molar-refractivity contribution in [3.63, 3.8) is 0 Å². The van der Waals surface area contributed by atoms with E-state index < -0.39 is 18.1 Å². The van der Waals surface area contributed by atoms with Gasteiger partial charge in [0, 0.05) is 0 Å². The van der Waals surface area contributed by atoms with Crippen molar-refractivity contribution >= 4 is 36.2 Å². The van der Waals surface area contributed by atoms with E-state index in [0.29, 0.717) is 0 Å². The number of fused-ring (bicyclic) bond motifs is 1. The Balaban J connectivity index is 2.61. The third-order valence-corrected chi connectivity index (χ3v) is 3.98. The molecule has 10 heteroatoms. The van der Waals surface area contributed by atoms with Gasteiger partial charge in [0.15, 0.2) is 22.8 Å². The van der Waals surface area contributed by atoms with Gasteiger partial charge in [-0.25, -0.2) is 4.79 Å². The van der Waals surface area contributed by atoms with E-state index >= 15 is 0 Å². The molecule has 126 valence electrons. The maximum absolute atomic E-state index is 12.3. The number of ether oxygens (including phenoxy) is 2. The Kier molecular flexibility index (Phi) is 5.99. The number of hydrogen-bond acceptors (Lipinski definition) is 6. The van der Waals surface area contributed by atoms with Crippen LogP contribution in [0.15, 0.2) is 0 Å². The lowest BCUT2D eigenvalue weighted by molar-refractivity contribution is -0.732. The number of hydroxylamine groups is 2. The van der Waals surface area contributed by atoms with Crippen molar-refractivity contribution in [3.05, 3.63) is 20.8 Å². The van der Waals surface area contributed by atoms with Gasteiger partial charge in [-0.05, 0) is 6.42 Å². The summed E-state index contributed by atoms with van der Waals surface area (Å²) in [5.74, 6) is -1.02. The normalized spacial score (nSPS) is 14.6. The van der Waals surface area contributed by atoms with Crippen LogP contribution >= 0.6 is 23.2 Å². The summed E-state index contributed by atoms with van der Waals surface area (Å²) < 4.78 is 16.1. The largest absolute Gasteiger partial charge is 0.627 e. The first kappa shape index (κ1) is 18.2. The van der Waals surface area contributed by atoms with E-state index in [-0.39, 0.29) is 46.0 Å². The number of hydrogen-bond donors (Lipinski definition) is 2. The molecule has 0 aliphatic carbocycles. The second kappa shape index (κ2) is 7.59. The quantitative estimate of drug-likeness (QED) is 0.462. The third kappa shape index (κ3) is 3.67. The highest BCUT2D eigenvalue weighted by Crippen LogP contribution is 2.50. The first-order chi connectivity index (χ1) is 10.9. The summed E-state index contributed by atoms with van der Waals surface area (Å²) in [6, 6.07) is 0. The Morgan fingerprint density at radius 3 is 2.74 bits per heavy atom. The van der Waals surface area contributed by atoms with E-state index in [0.717, 1.165) is 19.9 Å². The number of rotatable bonds is 5. The highest BCUT2D eigenvalue weighted by molar-refractivity contribution is 6.47. The van der Waals surface area contributed by atoms with Gasteiger partial charge in [-0.2, -0.15) is 0 Å². The van der Waals surface area contributed by atoms with E-state index in [1.807, 2.05) is 6.92 Å². The molecule has 2 rings (SSSR count). The van der Waals surface area contributed by atoms with Crippen molar-refractivity contribution in [3.8, 4) is 17.2 Å². The summed E-state index contributed by atoms with van der Waals surface area (Å²) in [6.07, 6.45) is 1.59. The number of amides is 1. The van der Waals surface area contributed by atoms with Gasteiger partial charge in [0.1, 0.15) is 16.6 Å². The van der Waals surface area contributed by atoms with Crippen molar-refractivity contribution in [2.45, 2.75) is 19.8 Å². The molecule has 1 unspecified atom stereocenters. The second-order valence-corrected chi connectivity index (χ2v) is 5.72. The maximum atomic E-state index is 12.3. The number of carbonyl (C=O) groups excluding carboxylic acids is 1. The Bertz CT molecular complexity index is 613. The van der Waals surface area contributed by atoms with E-state index in [9.17, 15) is 15.0 Å². The number of nitrogens with one attached hydrogen (secondary N) is 1. The molecule has 0 spiro atoms. The lowest BCUT2D eigenvalue weighted by Gasteiger charge is -2.27. The summed E-state index contributed by atoms with van der Waals surface area (Å²) in [7, 11) is -0.172. The van der Waals surface area contributed by atoms with E-state index in [4.69, 9.17) is 37.3 Å². The number of quaternary nitrogens is 1. The van der Waals surface area contributed by atoms with Crippen LogP contribution in [0.25, 0.3) is 0 Å². The molecule has 1 amide bonds. The van der Waals surface area contributed by atoms with Gasteiger partial charge in [-0.1, -0.05) is 36.5 Å². The SMILES string of the molecule is CCCCOc1c(Cl)c(Cl)c2c(c1C(=O)[NH+](C)[O-])OB(O)CO2. The molecule has 2 N–H and O–H groups in total. The average molecular weight is 364 g/mol. The van der Waals surface area contributed by atoms with Crippen LogP contribution < -0.4 is 19.2 Å². The van der Waals surface area contributed by atoms with Crippen molar-refractivity contribution in [1.29, 1.82) is 0 Å². The van der Waals surface area contributed by atoms with Gasteiger partial charge in [0.2, 0.25) is 0 Å². The predicted octanol–water partition coefficient (Wildman–Crippen LogP) is 1.12. The van der Waals surface area contributed by atoms with Crippen molar-refractivity contribution in [2.24, 2.45) is 0 Å². The first-order valence-electron chi connectivity index (χ1n) is 7.09.